The molecule has 0 unspecified atom stereocenters. The van der Waals surface area contributed by atoms with E-state index in [2.05, 4.69) is 0 Å². The van der Waals surface area contributed by atoms with Gasteiger partial charge in [-0.15, -0.1) is 11.3 Å². The van der Waals surface area contributed by atoms with Gasteiger partial charge >= 0.3 is 5.97 Å². The summed E-state index contributed by atoms with van der Waals surface area (Å²) in [4.78, 5) is 21.3. The lowest BCUT2D eigenvalue weighted by Gasteiger charge is -2.13. The number of thiophene rings is 1. The zero-order chi connectivity index (χ0) is 15.5. The highest BCUT2D eigenvalue weighted by Crippen LogP contribution is 2.34. The first-order valence-corrected chi connectivity index (χ1v) is 8.17. The maximum absolute atomic E-state index is 12.0. The van der Waals surface area contributed by atoms with Gasteiger partial charge in [0.2, 0.25) is 15.9 Å². The lowest BCUT2D eigenvalue weighted by atomic mass is 10.2. The summed E-state index contributed by atoms with van der Waals surface area (Å²) < 4.78 is 26.0. The Morgan fingerprint density at radius 3 is 2.45 bits per heavy atom. The molecule has 0 aliphatic carbocycles. The number of primary amides is 1. The Balaban J connectivity index is 2.94. The number of sulfonamides is 1. The molecule has 1 atom stereocenters. The number of carboxylic acids is 1. The number of carboxylic acid groups (broad SMARTS) is 1. The van der Waals surface area contributed by atoms with Gasteiger partial charge < -0.3 is 10.8 Å². The van der Waals surface area contributed by atoms with Crippen molar-refractivity contribution in [1.82, 2.24) is 4.72 Å². The Morgan fingerprint density at radius 2 is 2.05 bits per heavy atom. The van der Waals surface area contributed by atoms with E-state index in [-0.39, 0.29) is 26.4 Å². The van der Waals surface area contributed by atoms with Crippen molar-refractivity contribution in [2.24, 2.45) is 5.73 Å². The van der Waals surface area contributed by atoms with E-state index in [0.717, 1.165) is 17.4 Å². The van der Waals surface area contributed by atoms with Crippen LogP contribution < -0.4 is 10.5 Å². The van der Waals surface area contributed by atoms with Crippen molar-refractivity contribution in [3.8, 4) is 0 Å². The molecule has 112 valence electrons. The molecular formula is C9H10Cl2N2O5S2. The molecular weight excluding hydrogens is 351 g/mol. The van der Waals surface area contributed by atoms with Crippen molar-refractivity contribution in [3.63, 3.8) is 0 Å². The molecule has 7 nitrogen and oxygen atoms in total. The Bertz CT molecular complexity index is 628. The maximum atomic E-state index is 12.0. The second-order valence-electron chi connectivity index (χ2n) is 3.71. The van der Waals surface area contributed by atoms with Crippen LogP contribution in [0.3, 0.4) is 0 Å². The van der Waals surface area contributed by atoms with Gasteiger partial charge in [-0.25, -0.2) is 8.42 Å². The number of rotatable bonds is 7. The molecule has 4 N–H and O–H groups in total. The van der Waals surface area contributed by atoms with Crippen LogP contribution in [0.15, 0.2) is 11.0 Å². The van der Waals surface area contributed by atoms with Crippen LogP contribution >= 0.6 is 34.5 Å². The number of aliphatic carboxylic acids is 1. The first kappa shape index (κ1) is 17.2. The van der Waals surface area contributed by atoms with Crippen molar-refractivity contribution >= 4 is 56.4 Å². The fraction of sp³-hybridized carbons (Fsp3) is 0.333. The van der Waals surface area contributed by atoms with Crippen LogP contribution in [0.4, 0.5) is 0 Å². The Morgan fingerprint density at radius 1 is 1.45 bits per heavy atom. The fourth-order valence-electron chi connectivity index (χ4n) is 1.28. The van der Waals surface area contributed by atoms with Crippen molar-refractivity contribution in [3.05, 3.63) is 14.7 Å². The van der Waals surface area contributed by atoms with Crippen LogP contribution in [0, 0.1) is 0 Å². The van der Waals surface area contributed by atoms with E-state index in [1.165, 1.54) is 0 Å². The average molecular weight is 361 g/mol. The largest absolute Gasteiger partial charge is 0.480 e. The van der Waals surface area contributed by atoms with Crippen molar-refractivity contribution in [2.75, 3.05) is 0 Å². The summed E-state index contributed by atoms with van der Waals surface area (Å²) in [6.07, 6.45) is -0.531. The molecule has 11 heteroatoms. The van der Waals surface area contributed by atoms with E-state index in [0.29, 0.717) is 0 Å². The lowest BCUT2D eigenvalue weighted by molar-refractivity contribution is -0.139. The molecule has 20 heavy (non-hydrogen) atoms. The summed E-state index contributed by atoms with van der Waals surface area (Å²) >= 11 is 12.2. The van der Waals surface area contributed by atoms with Gasteiger partial charge in [0.15, 0.2) is 0 Å². The molecule has 0 aliphatic heterocycles. The van der Waals surface area contributed by atoms with E-state index in [1.807, 2.05) is 4.72 Å². The molecule has 1 aromatic rings. The van der Waals surface area contributed by atoms with Crippen molar-refractivity contribution in [1.29, 1.82) is 0 Å². The number of amides is 1. The summed E-state index contributed by atoms with van der Waals surface area (Å²) in [5, 5.41) is 8.94. The number of halogens is 2. The number of carbonyl (C=O) groups is 2. The van der Waals surface area contributed by atoms with E-state index < -0.39 is 27.9 Å². The van der Waals surface area contributed by atoms with Crippen LogP contribution in [0.1, 0.15) is 12.8 Å². The first-order valence-electron chi connectivity index (χ1n) is 5.11. The molecule has 1 heterocycles. The molecule has 0 fully saturated rings. The minimum absolute atomic E-state index is 0.0819. The molecule has 0 saturated heterocycles. The summed E-state index contributed by atoms with van der Waals surface area (Å²) in [7, 11) is -4.15. The van der Waals surface area contributed by atoms with Gasteiger partial charge in [0.25, 0.3) is 0 Å². The third-order valence-corrected chi connectivity index (χ3v) is 5.41. The molecule has 0 spiro atoms. The minimum Gasteiger partial charge on any atom is -0.480 e. The van der Waals surface area contributed by atoms with Crippen LogP contribution in [0.25, 0.3) is 0 Å². The van der Waals surface area contributed by atoms with Gasteiger partial charge in [-0.1, -0.05) is 23.2 Å². The van der Waals surface area contributed by atoms with Gasteiger partial charge in [-0.05, 0) is 12.5 Å². The quantitative estimate of drug-likeness (QED) is 0.669. The SMILES string of the molecule is NC(=O)CC[C@@H](NS(=O)(=O)c1cc(Cl)sc1Cl)C(=O)O. The van der Waals surface area contributed by atoms with E-state index in [1.54, 1.807) is 0 Å². The van der Waals surface area contributed by atoms with Crippen molar-refractivity contribution in [2.45, 2.75) is 23.8 Å². The zero-order valence-corrected chi connectivity index (χ0v) is 12.9. The molecule has 0 aromatic carbocycles. The third kappa shape index (κ3) is 4.60. The summed E-state index contributed by atoms with van der Waals surface area (Å²) in [5.74, 6) is -2.15. The number of hydrogen-bond donors (Lipinski definition) is 3. The smallest absolute Gasteiger partial charge is 0.321 e. The topological polar surface area (TPSA) is 127 Å². The van der Waals surface area contributed by atoms with Gasteiger partial charge in [-0.3, -0.25) is 9.59 Å². The molecule has 0 saturated carbocycles. The standard InChI is InChI=1S/C9H10Cl2N2O5S2/c10-6-3-5(8(11)19-6)20(17,18)13-4(9(15)16)1-2-7(12)14/h3-4,13H,1-2H2,(H2,12,14)(H,15,16)/t4-/m1/s1. The average Bonchev–Trinajstić information content (AvgIpc) is 2.64. The summed E-state index contributed by atoms with van der Waals surface area (Å²) in [5.41, 5.74) is 4.90. The minimum atomic E-state index is -4.15. The molecule has 1 rings (SSSR count). The van der Waals surface area contributed by atoms with Crippen molar-refractivity contribution < 1.29 is 23.1 Å². The van der Waals surface area contributed by atoms with Crippen LogP contribution in [0.2, 0.25) is 8.67 Å². The third-order valence-electron chi connectivity index (χ3n) is 2.19. The first-order chi connectivity index (χ1) is 9.13. The Hall–Kier alpha value is -0.870. The van der Waals surface area contributed by atoms with E-state index in [9.17, 15) is 18.0 Å². The highest BCUT2D eigenvalue weighted by Gasteiger charge is 2.28. The zero-order valence-electron chi connectivity index (χ0n) is 9.80. The maximum Gasteiger partial charge on any atom is 0.321 e. The molecule has 0 radical (unpaired) electrons. The number of nitrogens with two attached hydrogens (primary N) is 1. The van der Waals surface area contributed by atoms with Gasteiger partial charge in [-0.2, -0.15) is 4.72 Å². The highest BCUT2D eigenvalue weighted by atomic mass is 35.5. The summed E-state index contributed by atoms with van der Waals surface area (Å²) in [6, 6.07) is -0.369. The lowest BCUT2D eigenvalue weighted by Crippen LogP contribution is -2.41. The fourth-order valence-corrected chi connectivity index (χ4v) is 4.65. The molecule has 1 aromatic heterocycles. The van der Waals surface area contributed by atoms with Gasteiger partial charge in [0.05, 0.1) is 4.34 Å². The number of carbonyl (C=O) groups excluding carboxylic acids is 1. The summed E-state index contributed by atoms with van der Waals surface area (Å²) in [6.45, 7) is 0. The van der Waals surface area contributed by atoms with Gasteiger partial charge in [0.1, 0.15) is 15.3 Å². The van der Waals surface area contributed by atoms with E-state index in [4.69, 9.17) is 34.0 Å². The predicted molar refractivity (Wildman–Crippen MR) is 74.5 cm³/mol. The monoisotopic (exact) mass is 360 g/mol. The highest BCUT2D eigenvalue weighted by molar-refractivity contribution is 7.89. The second-order valence-corrected chi connectivity index (χ2v) is 7.67. The second kappa shape index (κ2) is 6.72. The van der Waals surface area contributed by atoms with E-state index >= 15 is 0 Å². The van der Waals surface area contributed by atoms with Crippen LogP contribution in [0.5, 0.6) is 0 Å². The molecule has 1 amide bonds. The van der Waals surface area contributed by atoms with Gasteiger partial charge in [0, 0.05) is 6.42 Å². The predicted octanol–water partition coefficient (Wildman–Crippen LogP) is 1.05. The molecule has 0 aliphatic rings. The Kier molecular flexibility index (Phi) is 5.78. The molecule has 0 bridgehead atoms. The normalized spacial score (nSPS) is 13.1. The number of hydrogen-bond acceptors (Lipinski definition) is 5. The number of nitrogens with one attached hydrogen (secondary N) is 1. The van der Waals surface area contributed by atoms with Crippen LogP contribution in [-0.2, 0) is 19.6 Å². The Labute approximate surface area is 128 Å². The van der Waals surface area contributed by atoms with Crippen LogP contribution in [-0.4, -0.2) is 31.4 Å².